The largest absolute Gasteiger partial charge is 0.462 e. The number of carbonyl (C=O) groups is 1. The lowest BCUT2D eigenvalue weighted by Crippen LogP contribution is -2.31. The first-order valence-electron chi connectivity index (χ1n) is 5.11. The third-order valence-corrected chi connectivity index (χ3v) is 3.57. The number of aromatic nitrogens is 1. The standard InChI is InChI=1S/C10H13BrN2O4S/c1-7(2)17-10(14)6-13-18(15,16)9-3-8(11)4-12-5-9/h3-5,7,13H,6H2,1-2H3. The first-order valence-corrected chi connectivity index (χ1v) is 7.38. The molecule has 0 aliphatic carbocycles. The van der Waals surface area contributed by atoms with Gasteiger partial charge in [0.25, 0.3) is 0 Å². The molecule has 0 amide bonds. The summed E-state index contributed by atoms with van der Waals surface area (Å²) in [7, 11) is -3.76. The quantitative estimate of drug-likeness (QED) is 0.813. The van der Waals surface area contributed by atoms with Gasteiger partial charge < -0.3 is 4.74 Å². The van der Waals surface area contributed by atoms with E-state index in [4.69, 9.17) is 4.74 Å². The molecule has 0 aromatic carbocycles. The average Bonchev–Trinajstić information content (AvgIpc) is 2.26. The molecule has 1 N–H and O–H groups in total. The summed E-state index contributed by atoms with van der Waals surface area (Å²) in [5, 5.41) is 0. The number of carbonyl (C=O) groups excluding carboxylic acids is 1. The van der Waals surface area contributed by atoms with E-state index in [1.165, 1.54) is 18.5 Å². The van der Waals surface area contributed by atoms with E-state index in [1.807, 2.05) is 0 Å². The van der Waals surface area contributed by atoms with Gasteiger partial charge in [0.15, 0.2) is 0 Å². The molecule has 1 aromatic rings. The Hall–Kier alpha value is -0.990. The molecular formula is C10H13BrN2O4S. The van der Waals surface area contributed by atoms with Gasteiger partial charge in [0.1, 0.15) is 11.4 Å². The summed E-state index contributed by atoms with van der Waals surface area (Å²) in [6, 6.07) is 1.39. The lowest BCUT2D eigenvalue weighted by molar-refractivity contribution is -0.145. The molecule has 18 heavy (non-hydrogen) atoms. The van der Waals surface area contributed by atoms with Crippen molar-refractivity contribution < 1.29 is 17.9 Å². The highest BCUT2D eigenvalue weighted by molar-refractivity contribution is 9.10. The van der Waals surface area contributed by atoms with Crippen LogP contribution in [0.1, 0.15) is 13.8 Å². The summed E-state index contributed by atoms with van der Waals surface area (Å²) in [6.07, 6.45) is 2.38. The van der Waals surface area contributed by atoms with Gasteiger partial charge in [-0.1, -0.05) is 0 Å². The van der Waals surface area contributed by atoms with Gasteiger partial charge in [-0.25, -0.2) is 8.42 Å². The van der Waals surface area contributed by atoms with Gasteiger partial charge in [0.2, 0.25) is 10.0 Å². The summed E-state index contributed by atoms with van der Waals surface area (Å²) in [6.45, 7) is 2.96. The molecule has 0 radical (unpaired) electrons. The molecule has 0 spiro atoms. The Morgan fingerprint density at radius 3 is 2.72 bits per heavy atom. The van der Waals surface area contributed by atoms with E-state index >= 15 is 0 Å². The Morgan fingerprint density at radius 1 is 1.50 bits per heavy atom. The Kier molecular flexibility index (Phi) is 5.24. The predicted molar refractivity (Wildman–Crippen MR) is 68.4 cm³/mol. The Bertz CT molecular complexity index is 530. The van der Waals surface area contributed by atoms with Crippen LogP contribution in [0.15, 0.2) is 27.8 Å². The van der Waals surface area contributed by atoms with E-state index in [-0.39, 0.29) is 11.0 Å². The number of esters is 1. The number of pyridine rings is 1. The maximum atomic E-state index is 11.8. The van der Waals surface area contributed by atoms with E-state index in [0.717, 1.165) is 0 Å². The Labute approximate surface area is 114 Å². The highest BCUT2D eigenvalue weighted by atomic mass is 79.9. The second-order valence-electron chi connectivity index (χ2n) is 3.70. The van der Waals surface area contributed by atoms with Crippen LogP contribution in [0.25, 0.3) is 0 Å². The summed E-state index contributed by atoms with van der Waals surface area (Å²) >= 11 is 3.12. The normalized spacial score (nSPS) is 11.6. The van der Waals surface area contributed by atoms with Gasteiger partial charge in [-0.3, -0.25) is 9.78 Å². The molecule has 0 atom stereocenters. The highest BCUT2D eigenvalue weighted by Crippen LogP contribution is 2.13. The van der Waals surface area contributed by atoms with Crippen LogP contribution in [0.4, 0.5) is 0 Å². The van der Waals surface area contributed by atoms with Crippen molar-refractivity contribution in [3.8, 4) is 0 Å². The van der Waals surface area contributed by atoms with Crippen molar-refractivity contribution in [2.45, 2.75) is 24.8 Å². The van der Waals surface area contributed by atoms with Crippen LogP contribution in [0, 0.1) is 0 Å². The molecule has 100 valence electrons. The van der Waals surface area contributed by atoms with E-state index < -0.39 is 22.5 Å². The molecule has 6 nitrogen and oxygen atoms in total. The number of rotatable bonds is 5. The van der Waals surface area contributed by atoms with Gasteiger partial charge in [-0.15, -0.1) is 0 Å². The molecular weight excluding hydrogens is 324 g/mol. The smallest absolute Gasteiger partial charge is 0.321 e. The Morgan fingerprint density at radius 2 is 2.17 bits per heavy atom. The zero-order valence-corrected chi connectivity index (χ0v) is 12.3. The number of nitrogens with one attached hydrogen (secondary N) is 1. The van der Waals surface area contributed by atoms with E-state index in [2.05, 4.69) is 25.6 Å². The van der Waals surface area contributed by atoms with Crippen molar-refractivity contribution in [1.29, 1.82) is 0 Å². The summed E-state index contributed by atoms with van der Waals surface area (Å²) < 4.78 is 31.1. The fraction of sp³-hybridized carbons (Fsp3) is 0.400. The second kappa shape index (κ2) is 6.26. The minimum atomic E-state index is -3.76. The van der Waals surface area contributed by atoms with Crippen molar-refractivity contribution in [2.24, 2.45) is 0 Å². The summed E-state index contributed by atoms with van der Waals surface area (Å²) in [4.78, 5) is 14.9. The van der Waals surface area contributed by atoms with Crippen LogP contribution in [0.5, 0.6) is 0 Å². The third kappa shape index (κ3) is 4.71. The SMILES string of the molecule is CC(C)OC(=O)CNS(=O)(=O)c1cncc(Br)c1. The maximum Gasteiger partial charge on any atom is 0.321 e. The van der Waals surface area contributed by atoms with Gasteiger partial charge in [0.05, 0.1) is 6.10 Å². The van der Waals surface area contributed by atoms with Crippen LogP contribution in [0.2, 0.25) is 0 Å². The Balaban J connectivity index is 2.69. The van der Waals surface area contributed by atoms with E-state index in [0.29, 0.717) is 4.47 Å². The van der Waals surface area contributed by atoms with Crippen molar-refractivity contribution in [3.63, 3.8) is 0 Å². The van der Waals surface area contributed by atoms with Crippen LogP contribution in [-0.4, -0.2) is 32.0 Å². The van der Waals surface area contributed by atoms with Crippen molar-refractivity contribution in [3.05, 3.63) is 22.9 Å². The first-order chi connectivity index (χ1) is 8.31. The molecule has 8 heteroatoms. The molecule has 1 rings (SSSR count). The molecule has 0 bridgehead atoms. The number of hydrogen-bond donors (Lipinski definition) is 1. The third-order valence-electron chi connectivity index (χ3n) is 1.76. The van der Waals surface area contributed by atoms with Gasteiger partial charge in [-0.2, -0.15) is 4.72 Å². The van der Waals surface area contributed by atoms with E-state index in [9.17, 15) is 13.2 Å². The first kappa shape index (κ1) is 15.1. The van der Waals surface area contributed by atoms with Gasteiger partial charge >= 0.3 is 5.97 Å². The topological polar surface area (TPSA) is 85.4 Å². The zero-order valence-electron chi connectivity index (χ0n) is 9.88. The van der Waals surface area contributed by atoms with Crippen molar-refractivity contribution in [1.82, 2.24) is 9.71 Å². The predicted octanol–water partition coefficient (Wildman–Crippen LogP) is 1.07. The highest BCUT2D eigenvalue weighted by Gasteiger charge is 2.17. The number of hydrogen-bond acceptors (Lipinski definition) is 5. The molecule has 0 fully saturated rings. The van der Waals surface area contributed by atoms with Crippen LogP contribution in [-0.2, 0) is 19.6 Å². The van der Waals surface area contributed by atoms with Crippen LogP contribution in [0.3, 0.4) is 0 Å². The lowest BCUT2D eigenvalue weighted by Gasteiger charge is -2.09. The van der Waals surface area contributed by atoms with E-state index in [1.54, 1.807) is 13.8 Å². The second-order valence-corrected chi connectivity index (χ2v) is 6.38. The lowest BCUT2D eigenvalue weighted by atomic mass is 10.5. The molecule has 0 saturated carbocycles. The van der Waals surface area contributed by atoms with Gasteiger partial charge in [-0.05, 0) is 35.8 Å². The summed E-state index contributed by atoms with van der Waals surface area (Å²) in [5.74, 6) is -0.628. The zero-order chi connectivity index (χ0) is 13.8. The molecule has 1 aromatic heterocycles. The fourth-order valence-electron chi connectivity index (χ4n) is 1.08. The van der Waals surface area contributed by atoms with Crippen LogP contribution < -0.4 is 4.72 Å². The molecule has 0 aliphatic heterocycles. The minimum Gasteiger partial charge on any atom is -0.462 e. The molecule has 1 heterocycles. The number of ether oxygens (including phenoxy) is 1. The molecule has 0 aliphatic rings. The number of nitrogens with zero attached hydrogens (tertiary/aromatic N) is 1. The maximum absolute atomic E-state index is 11.8. The van der Waals surface area contributed by atoms with Crippen LogP contribution >= 0.6 is 15.9 Å². The number of sulfonamides is 1. The average molecular weight is 337 g/mol. The fourth-order valence-corrected chi connectivity index (χ4v) is 2.55. The number of halogens is 1. The van der Waals surface area contributed by atoms with Gasteiger partial charge in [0, 0.05) is 16.9 Å². The van der Waals surface area contributed by atoms with Crippen molar-refractivity contribution in [2.75, 3.05) is 6.54 Å². The molecule has 0 saturated heterocycles. The minimum absolute atomic E-state index is 0.0192. The monoisotopic (exact) mass is 336 g/mol. The van der Waals surface area contributed by atoms with Crippen molar-refractivity contribution >= 4 is 31.9 Å². The molecule has 0 unspecified atom stereocenters. The summed E-state index contributed by atoms with van der Waals surface area (Å²) in [5.41, 5.74) is 0.